The molecule has 3 nitrogen and oxygen atoms in total. The number of anilines is 1. The fourth-order valence-electron chi connectivity index (χ4n) is 1.44. The summed E-state index contributed by atoms with van der Waals surface area (Å²) in [5, 5.41) is 3.23. The Morgan fingerprint density at radius 3 is 2.43 bits per heavy atom. The molecular weight excluding hydrogens is 174 g/mol. The molecule has 0 bridgehead atoms. The van der Waals surface area contributed by atoms with Gasteiger partial charge in [-0.2, -0.15) is 0 Å². The molecule has 0 saturated heterocycles. The van der Waals surface area contributed by atoms with Crippen molar-refractivity contribution in [3.05, 3.63) is 29.8 Å². The average Bonchev–Trinajstić information content (AvgIpc) is 2.14. The molecule has 1 aromatic rings. The predicted molar refractivity (Wildman–Crippen MR) is 61.0 cm³/mol. The van der Waals surface area contributed by atoms with Crippen molar-refractivity contribution >= 4 is 5.69 Å². The lowest BCUT2D eigenvalue weighted by Crippen LogP contribution is -2.29. The first-order chi connectivity index (χ1) is 6.55. The van der Waals surface area contributed by atoms with E-state index >= 15 is 0 Å². The first kappa shape index (κ1) is 11.0. The van der Waals surface area contributed by atoms with Gasteiger partial charge in [-0.25, -0.2) is 5.43 Å². The van der Waals surface area contributed by atoms with E-state index in [0.717, 1.165) is 5.69 Å². The van der Waals surface area contributed by atoms with E-state index in [0.29, 0.717) is 6.67 Å². The van der Waals surface area contributed by atoms with E-state index in [4.69, 9.17) is 5.84 Å². The van der Waals surface area contributed by atoms with E-state index in [1.807, 2.05) is 6.07 Å². The van der Waals surface area contributed by atoms with Gasteiger partial charge in [0.15, 0.2) is 0 Å². The number of nitrogens with two attached hydrogens (primary N) is 1. The van der Waals surface area contributed by atoms with Crippen LogP contribution in [0.25, 0.3) is 0 Å². The summed E-state index contributed by atoms with van der Waals surface area (Å²) in [5.41, 5.74) is 5.17. The minimum Gasteiger partial charge on any atom is -0.371 e. The monoisotopic (exact) mass is 193 g/mol. The third-order valence-electron chi connectivity index (χ3n) is 2.12. The lowest BCUT2D eigenvalue weighted by Gasteiger charge is -2.23. The smallest absolute Gasteiger partial charge is 0.0780 e. The summed E-state index contributed by atoms with van der Waals surface area (Å²) in [7, 11) is 0. The van der Waals surface area contributed by atoms with Crippen molar-refractivity contribution in [3.8, 4) is 0 Å². The Morgan fingerprint density at radius 2 is 1.86 bits per heavy atom. The Bertz CT molecular complexity index is 289. The van der Waals surface area contributed by atoms with Crippen LogP contribution in [0.3, 0.4) is 0 Å². The van der Waals surface area contributed by atoms with E-state index < -0.39 is 0 Å². The molecule has 4 N–H and O–H groups in total. The first-order valence-corrected chi connectivity index (χ1v) is 4.82. The molecule has 0 aliphatic carbocycles. The lowest BCUT2D eigenvalue weighted by atomic mass is 9.86. The fraction of sp³-hybridized carbons (Fsp3) is 0.455. The molecule has 14 heavy (non-hydrogen) atoms. The quantitative estimate of drug-likeness (QED) is 0.390. The summed E-state index contributed by atoms with van der Waals surface area (Å²) in [6.45, 7) is 7.17. The molecule has 0 aliphatic heterocycles. The summed E-state index contributed by atoms with van der Waals surface area (Å²) < 4.78 is 0. The zero-order chi connectivity index (χ0) is 10.6. The van der Waals surface area contributed by atoms with Crippen LogP contribution in [0.2, 0.25) is 0 Å². The highest BCUT2D eigenvalue weighted by molar-refractivity contribution is 5.53. The van der Waals surface area contributed by atoms with E-state index in [1.165, 1.54) is 5.56 Å². The summed E-state index contributed by atoms with van der Waals surface area (Å²) in [4.78, 5) is 0. The van der Waals surface area contributed by atoms with Crippen LogP contribution in [0.1, 0.15) is 26.3 Å². The van der Waals surface area contributed by atoms with Gasteiger partial charge in [0.2, 0.25) is 0 Å². The van der Waals surface area contributed by atoms with Crippen LogP contribution in [-0.2, 0) is 5.41 Å². The molecule has 0 radical (unpaired) electrons. The van der Waals surface area contributed by atoms with Gasteiger partial charge in [0.05, 0.1) is 6.67 Å². The normalized spacial score (nSPS) is 11.4. The van der Waals surface area contributed by atoms with Crippen molar-refractivity contribution < 1.29 is 0 Å². The lowest BCUT2D eigenvalue weighted by molar-refractivity contribution is 0.591. The summed E-state index contributed by atoms with van der Waals surface area (Å²) >= 11 is 0. The molecule has 0 fully saturated rings. The summed E-state index contributed by atoms with van der Waals surface area (Å²) in [6.07, 6.45) is 0. The van der Waals surface area contributed by atoms with Crippen molar-refractivity contribution in [2.75, 3.05) is 12.0 Å². The van der Waals surface area contributed by atoms with Crippen LogP contribution in [-0.4, -0.2) is 6.67 Å². The molecule has 0 atom stereocenters. The van der Waals surface area contributed by atoms with E-state index in [2.05, 4.69) is 49.7 Å². The van der Waals surface area contributed by atoms with Gasteiger partial charge in [0.1, 0.15) is 0 Å². The molecule has 0 aromatic heterocycles. The second kappa shape index (κ2) is 4.44. The molecule has 78 valence electrons. The van der Waals surface area contributed by atoms with E-state index in [9.17, 15) is 0 Å². The van der Waals surface area contributed by atoms with Crippen molar-refractivity contribution in [1.29, 1.82) is 0 Å². The topological polar surface area (TPSA) is 50.1 Å². The fourth-order valence-corrected chi connectivity index (χ4v) is 1.44. The van der Waals surface area contributed by atoms with Gasteiger partial charge >= 0.3 is 0 Å². The summed E-state index contributed by atoms with van der Waals surface area (Å²) in [5.74, 6) is 5.22. The number of hydrazine groups is 1. The maximum absolute atomic E-state index is 5.22. The molecule has 3 heteroatoms. The first-order valence-electron chi connectivity index (χ1n) is 4.82. The van der Waals surface area contributed by atoms with Crippen LogP contribution in [0.5, 0.6) is 0 Å². The van der Waals surface area contributed by atoms with Crippen molar-refractivity contribution in [2.45, 2.75) is 26.2 Å². The Labute approximate surface area is 85.7 Å². The average molecular weight is 193 g/mol. The third kappa shape index (κ3) is 2.72. The molecule has 0 amide bonds. The molecular formula is C11H19N3. The van der Waals surface area contributed by atoms with Gasteiger partial charge < -0.3 is 5.32 Å². The van der Waals surface area contributed by atoms with Crippen LogP contribution in [0, 0.1) is 0 Å². The van der Waals surface area contributed by atoms with Gasteiger partial charge in [0, 0.05) is 5.69 Å². The zero-order valence-electron chi connectivity index (χ0n) is 9.09. The Morgan fingerprint density at radius 1 is 1.21 bits per heavy atom. The standard InChI is InChI=1S/C11H19N3/c1-11(2,3)9-6-4-5-7-10(9)13-8-14-12/h4-7,13-14H,8,12H2,1-3H3. The van der Waals surface area contributed by atoms with Crippen molar-refractivity contribution in [1.82, 2.24) is 5.43 Å². The molecule has 0 unspecified atom stereocenters. The highest BCUT2D eigenvalue weighted by Gasteiger charge is 2.16. The number of hydrogen-bond acceptors (Lipinski definition) is 3. The Hall–Kier alpha value is -1.06. The van der Waals surface area contributed by atoms with Crippen molar-refractivity contribution in [3.63, 3.8) is 0 Å². The highest BCUT2D eigenvalue weighted by atomic mass is 15.3. The van der Waals surface area contributed by atoms with E-state index in [1.54, 1.807) is 0 Å². The number of nitrogens with one attached hydrogen (secondary N) is 2. The predicted octanol–water partition coefficient (Wildman–Crippen LogP) is 1.82. The molecule has 0 spiro atoms. The minimum atomic E-state index is 0.151. The maximum Gasteiger partial charge on any atom is 0.0780 e. The summed E-state index contributed by atoms with van der Waals surface area (Å²) in [6, 6.07) is 8.28. The number of hydrogen-bond donors (Lipinski definition) is 3. The van der Waals surface area contributed by atoms with Crippen LogP contribution >= 0.6 is 0 Å². The molecule has 1 aromatic carbocycles. The number of benzene rings is 1. The van der Waals surface area contributed by atoms with Gasteiger partial charge in [-0.1, -0.05) is 39.0 Å². The largest absolute Gasteiger partial charge is 0.371 e. The van der Waals surface area contributed by atoms with Gasteiger partial charge in [-0.15, -0.1) is 0 Å². The minimum absolute atomic E-state index is 0.151. The maximum atomic E-state index is 5.22. The Balaban J connectivity index is 2.92. The van der Waals surface area contributed by atoms with E-state index in [-0.39, 0.29) is 5.41 Å². The molecule has 0 aliphatic rings. The van der Waals surface area contributed by atoms with Crippen molar-refractivity contribution in [2.24, 2.45) is 5.84 Å². The zero-order valence-corrected chi connectivity index (χ0v) is 9.09. The second-order valence-corrected chi connectivity index (χ2v) is 4.35. The molecule has 0 heterocycles. The molecule has 0 saturated carbocycles. The van der Waals surface area contributed by atoms with Crippen LogP contribution in [0.15, 0.2) is 24.3 Å². The molecule has 1 rings (SSSR count). The highest BCUT2D eigenvalue weighted by Crippen LogP contribution is 2.28. The van der Waals surface area contributed by atoms with Crippen LogP contribution < -0.4 is 16.6 Å². The number of para-hydroxylation sites is 1. The Kier molecular flexibility index (Phi) is 3.49. The van der Waals surface area contributed by atoms with Gasteiger partial charge in [0.25, 0.3) is 0 Å². The number of rotatable bonds is 3. The van der Waals surface area contributed by atoms with Crippen LogP contribution in [0.4, 0.5) is 5.69 Å². The second-order valence-electron chi connectivity index (χ2n) is 4.35. The van der Waals surface area contributed by atoms with Gasteiger partial charge in [-0.3, -0.25) is 5.84 Å². The third-order valence-corrected chi connectivity index (χ3v) is 2.12. The van der Waals surface area contributed by atoms with Gasteiger partial charge in [-0.05, 0) is 17.0 Å². The SMILES string of the molecule is CC(C)(C)c1ccccc1NCNN.